The SMILES string of the molecule is CC(CC(C)(C)c1ccccc1)NC(=O)[C@H]1NCCO[C@@H]1C. The number of benzene rings is 1. The average Bonchev–Trinajstić information content (AvgIpc) is 2.47. The number of amides is 1. The summed E-state index contributed by atoms with van der Waals surface area (Å²) in [6.45, 7) is 9.84. The second-order valence-electron chi connectivity index (χ2n) is 6.87. The lowest BCUT2D eigenvalue weighted by atomic mass is 9.79. The fourth-order valence-corrected chi connectivity index (χ4v) is 3.18. The maximum Gasteiger partial charge on any atom is 0.240 e. The molecule has 0 spiro atoms. The van der Waals surface area contributed by atoms with Crippen LogP contribution >= 0.6 is 0 Å². The smallest absolute Gasteiger partial charge is 0.240 e. The molecule has 1 heterocycles. The third kappa shape index (κ3) is 4.31. The largest absolute Gasteiger partial charge is 0.375 e. The van der Waals surface area contributed by atoms with Gasteiger partial charge >= 0.3 is 0 Å². The fourth-order valence-electron chi connectivity index (χ4n) is 3.18. The molecule has 0 saturated carbocycles. The number of morpholine rings is 1. The van der Waals surface area contributed by atoms with Crippen LogP contribution in [0.4, 0.5) is 0 Å². The molecule has 1 amide bonds. The van der Waals surface area contributed by atoms with Gasteiger partial charge in [0.05, 0.1) is 12.7 Å². The Morgan fingerprint density at radius 3 is 2.73 bits per heavy atom. The highest BCUT2D eigenvalue weighted by molar-refractivity contribution is 5.82. The zero-order valence-corrected chi connectivity index (χ0v) is 14.1. The Balaban J connectivity index is 1.92. The van der Waals surface area contributed by atoms with E-state index in [4.69, 9.17) is 4.74 Å². The molecule has 4 heteroatoms. The van der Waals surface area contributed by atoms with Gasteiger partial charge in [-0.3, -0.25) is 4.79 Å². The summed E-state index contributed by atoms with van der Waals surface area (Å²) >= 11 is 0. The number of nitrogens with one attached hydrogen (secondary N) is 2. The molecular formula is C18H28N2O2. The van der Waals surface area contributed by atoms with Crippen LogP contribution in [0.1, 0.15) is 39.7 Å². The summed E-state index contributed by atoms with van der Waals surface area (Å²) in [5, 5.41) is 6.36. The third-order valence-electron chi connectivity index (χ3n) is 4.36. The molecule has 1 aromatic carbocycles. The topological polar surface area (TPSA) is 50.4 Å². The van der Waals surface area contributed by atoms with Crippen molar-refractivity contribution in [2.24, 2.45) is 0 Å². The summed E-state index contributed by atoms with van der Waals surface area (Å²) in [5.74, 6) is 0.0311. The van der Waals surface area contributed by atoms with Crippen LogP contribution < -0.4 is 10.6 Å². The van der Waals surface area contributed by atoms with Gasteiger partial charge < -0.3 is 15.4 Å². The molecule has 2 rings (SSSR count). The Bertz CT molecular complexity index is 487. The van der Waals surface area contributed by atoms with Gasteiger partial charge in [-0.05, 0) is 31.2 Å². The molecule has 1 aromatic rings. The number of hydrogen-bond donors (Lipinski definition) is 2. The molecular weight excluding hydrogens is 276 g/mol. The van der Waals surface area contributed by atoms with E-state index in [1.807, 2.05) is 13.0 Å². The Morgan fingerprint density at radius 1 is 1.41 bits per heavy atom. The Morgan fingerprint density at radius 2 is 2.09 bits per heavy atom. The third-order valence-corrected chi connectivity index (χ3v) is 4.36. The van der Waals surface area contributed by atoms with E-state index in [1.165, 1.54) is 5.56 Å². The lowest BCUT2D eigenvalue weighted by molar-refractivity contribution is -0.129. The van der Waals surface area contributed by atoms with Crippen LogP contribution in [0.5, 0.6) is 0 Å². The standard InChI is InChI=1S/C18H28N2O2/c1-13(12-18(3,4)15-8-6-5-7-9-15)20-17(21)16-14(2)22-11-10-19-16/h5-9,13-14,16,19H,10-12H2,1-4H3,(H,20,21)/t13?,14-,16+/m1/s1. The minimum Gasteiger partial charge on any atom is -0.375 e. The van der Waals surface area contributed by atoms with Gasteiger partial charge in [-0.25, -0.2) is 0 Å². The minimum absolute atomic E-state index is 0.0239. The van der Waals surface area contributed by atoms with Gasteiger partial charge in [0.2, 0.25) is 5.91 Å². The van der Waals surface area contributed by atoms with E-state index in [0.29, 0.717) is 6.61 Å². The molecule has 1 unspecified atom stereocenters. The molecule has 1 aliphatic heterocycles. The molecule has 122 valence electrons. The lowest BCUT2D eigenvalue weighted by Gasteiger charge is -2.32. The highest BCUT2D eigenvalue weighted by Gasteiger charge is 2.30. The number of hydrogen-bond acceptors (Lipinski definition) is 3. The van der Waals surface area contributed by atoms with Gasteiger partial charge in [0, 0.05) is 12.6 Å². The first-order chi connectivity index (χ1) is 10.4. The van der Waals surface area contributed by atoms with Crippen LogP contribution in [-0.4, -0.2) is 37.2 Å². The molecule has 0 aliphatic carbocycles. The molecule has 1 fully saturated rings. The number of rotatable bonds is 5. The summed E-state index contributed by atoms with van der Waals surface area (Å²) < 4.78 is 5.54. The Labute approximate surface area is 133 Å². The number of ether oxygens (including phenoxy) is 1. The van der Waals surface area contributed by atoms with Gasteiger partial charge in [-0.1, -0.05) is 44.2 Å². The van der Waals surface area contributed by atoms with Crippen LogP contribution in [0, 0.1) is 0 Å². The van der Waals surface area contributed by atoms with Crippen LogP contribution in [0.15, 0.2) is 30.3 Å². The van der Waals surface area contributed by atoms with Crippen molar-refractivity contribution in [2.45, 2.75) is 57.7 Å². The first-order valence-electron chi connectivity index (χ1n) is 8.11. The Kier molecular flexibility index (Phi) is 5.59. The molecule has 0 aromatic heterocycles. The van der Waals surface area contributed by atoms with Crippen molar-refractivity contribution in [3.05, 3.63) is 35.9 Å². The van der Waals surface area contributed by atoms with E-state index in [9.17, 15) is 4.79 Å². The van der Waals surface area contributed by atoms with E-state index in [2.05, 4.69) is 55.7 Å². The van der Waals surface area contributed by atoms with Crippen molar-refractivity contribution in [3.63, 3.8) is 0 Å². The van der Waals surface area contributed by atoms with E-state index < -0.39 is 0 Å². The number of carbonyl (C=O) groups excluding carboxylic acids is 1. The quantitative estimate of drug-likeness (QED) is 0.877. The first kappa shape index (κ1) is 17.0. The average molecular weight is 304 g/mol. The molecule has 0 bridgehead atoms. The molecule has 2 N–H and O–H groups in total. The monoisotopic (exact) mass is 304 g/mol. The van der Waals surface area contributed by atoms with Crippen molar-refractivity contribution in [1.29, 1.82) is 0 Å². The second-order valence-corrected chi connectivity index (χ2v) is 6.87. The first-order valence-corrected chi connectivity index (χ1v) is 8.11. The Hall–Kier alpha value is -1.39. The molecule has 3 atom stereocenters. The molecule has 4 nitrogen and oxygen atoms in total. The highest BCUT2D eigenvalue weighted by Crippen LogP contribution is 2.28. The second kappa shape index (κ2) is 7.25. The molecule has 22 heavy (non-hydrogen) atoms. The van der Waals surface area contributed by atoms with Gasteiger partial charge in [-0.15, -0.1) is 0 Å². The van der Waals surface area contributed by atoms with Crippen LogP contribution in [0.25, 0.3) is 0 Å². The fraction of sp³-hybridized carbons (Fsp3) is 0.611. The van der Waals surface area contributed by atoms with E-state index in [1.54, 1.807) is 0 Å². The maximum atomic E-state index is 12.4. The summed E-state index contributed by atoms with van der Waals surface area (Å²) in [4.78, 5) is 12.4. The predicted molar refractivity (Wildman–Crippen MR) is 88.9 cm³/mol. The van der Waals surface area contributed by atoms with Gasteiger partial charge in [0.1, 0.15) is 6.04 Å². The maximum absolute atomic E-state index is 12.4. The van der Waals surface area contributed by atoms with Crippen molar-refractivity contribution < 1.29 is 9.53 Å². The van der Waals surface area contributed by atoms with E-state index in [0.717, 1.165) is 13.0 Å². The normalized spacial score (nSPS) is 23.8. The summed E-state index contributed by atoms with van der Waals surface area (Å²) in [6.07, 6.45) is 0.813. The highest BCUT2D eigenvalue weighted by atomic mass is 16.5. The van der Waals surface area contributed by atoms with Gasteiger partial charge in [-0.2, -0.15) is 0 Å². The van der Waals surface area contributed by atoms with Crippen molar-refractivity contribution in [3.8, 4) is 0 Å². The molecule has 1 aliphatic rings. The zero-order valence-electron chi connectivity index (χ0n) is 14.1. The summed E-state index contributed by atoms with van der Waals surface area (Å²) in [6, 6.07) is 10.3. The van der Waals surface area contributed by atoms with Crippen LogP contribution in [0.2, 0.25) is 0 Å². The van der Waals surface area contributed by atoms with Crippen LogP contribution in [0.3, 0.4) is 0 Å². The predicted octanol–water partition coefficient (Wildman–Crippen LogP) is 2.24. The molecule has 0 radical (unpaired) electrons. The molecule has 1 saturated heterocycles. The zero-order chi connectivity index (χ0) is 16.2. The minimum atomic E-state index is -0.254. The van der Waals surface area contributed by atoms with E-state index >= 15 is 0 Å². The number of carbonyl (C=O) groups is 1. The van der Waals surface area contributed by atoms with Crippen LogP contribution in [-0.2, 0) is 14.9 Å². The lowest BCUT2D eigenvalue weighted by Crippen LogP contribution is -2.57. The van der Waals surface area contributed by atoms with Crippen molar-refractivity contribution >= 4 is 5.91 Å². The van der Waals surface area contributed by atoms with Crippen molar-refractivity contribution in [1.82, 2.24) is 10.6 Å². The van der Waals surface area contributed by atoms with Crippen molar-refractivity contribution in [2.75, 3.05) is 13.2 Å². The van der Waals surface area contributed by atoms with Gasteiger partial charge in [0.25, 0.3) is 0 Å². The summed E-state index contributed by atoms with van der Waals surface area (Å²) in [7, 11) is 0. The summed E-state index contributed by atoms with van der Waals surface area (Å²) in [5.41, 5.74) is 1.32. The van der Waals surface area contributed by atoms with Gasteiger partial charge in [0.15, 0.2) is 0 Å². The van der Waals surface area contributed by atoms with E-state index in [-0.39, 0.29) is 29.5 Å².